The Labute approximate surface area is 331 Å². The molecule has 0 spiro atoms. The van der Waals surface area contributed by atoms with Crippen molar-refractivity contribution in [3.05, 3.63) is 0 Å². The standard InChI is InChI=1S/C47H93NO5/c1-39(2)31-33-43(41(5)6)37-52-46(49)29-23-19-15-11-13-17-21-27-45(51-36-26-25-35-48(9)10)28-22-18-14-12-16-20-24-30-47(50)53-38-44(42(7)8)34-32-40(3)4/h39-45H,11-38H2,1-10H3. The van der Waals surface area contributed by atoms with Crippen LogP contribution in [-0.4, -0.2) is 63.4 Å². The van der Waals surface area contributed by atoms with Gasteiger partial charge < -0.3 is 19.1 Å². The van der Waals surface area contributed by atoms with Gasteiger partial charge >= 0.3 is 11.9 Å². The van der Waals surface area contributed by atoms with E-state index in [4.69, 9.17) is 14.2 Å². The van der Waals surface area contributed by atoms with Crippen molar-refractivity contribution in [2.45, 2.75) is 216 Å². The summed E-state index contributed by atoms with van der Waals surface area (Å²) in [6, 6.07) is 0. The lowest BCUT2D eigenvalue weighted by Gasteiger charge is -2.21. The summed E-state index contributed by atoms with van der Waals surface area (Å²) >= 11 is 0. The van der Waals surface area contributed by atoms with Gasteiger partial charge in [-0.15, -0.1) is 0 Å². The van der Waals surface area contributed by atoms with E-state index in [0.29, 0.717) is 67.7 Å². The fourth-order valence-corrected chi connectivity index (χ4v) is 7.00. The number of carbonyl (C=O) groups is 2. The molecule has 0 rings (SSSR count). The smallest absolute Gasteiger partial charge is 0.305 e. The van der Waals surface area contributed by atoms with Gasteiger partial charge in [-0.2, -0.15) is 0 Å². The van der Waals surface area contributed by atoms with E-state index >= 15 is 0 Å². The lowest BCUT2D eigenvalue weighted by Crippen LogP contribution is -2.19. The highest BCUT2D eigenvalue weighted by Gasteiger charge is 2.18. The molecule has 0 bridgehead atoms. The fourth-order valence-electron chi connectivity index (χ4n) is 7.00. The second-order valence-corrected chi connectivity index (χ2v) is 18.3. The van der Waals surface area contributed by atoms with Crippen LogP contribution < -0.4 is 0 Å². The highest BCUT2D eigenvalue weighted by molar-refractivity contribution is 5.69. The maximum Gasteiger partial charge on any atom is 0.305 e. The number of ether oxygens (including phenoxy) is 3. The zero-order chi connectivity index (χ0) is 39.7. The van der Waals surface area contributed by atoms with E-state index in [2.05, 4.69) is 74.4 Å². The second kappa shape index (κ2) is 35.3. The lowest BCUT2D eigenvalue weighted by molar-refractivity contribution is -0.146. The molecule has 2 unspecified atom stereocenters. The van der Waals surface area contributed by atoms with Gasteiger partial charge in [-0.1, -0.05) is 145 Å². The Bertz CT molecular complexity index is 768. The Morgan fingerprint density at radius 2 is 0.830 bits per heavy atom. The molecule has 0 N–H and O–H groups in total. The normalized spacial score (nSPS) is 13.8. The van der Waals surface area contributed by atoms with Gasteiger partial charge in [0.15, 0.2) is 0 Å². The first-order chi connectivity index (χ1) is 25.3. The number of carbonyl (C=O) groups excluding carboxylic acids is 2. The number of unbranched alkanes of at least 4 members (excludes halogenated alkanes) is 13. The van der Waals surface area contributed by atoms with E-state index in [-0.39, 0.29) is 11.9 Å². The molecule has 316 valence electrons. The number of nitrogens with zero attached hydrogens (tertiary/aromatic N) is 1. The van der Waals surface area contributed by atoms with Crippen molar-refractivity contribution < 1.29 is 23.8 Å². The molecule has 0 heterocycles. The summed E-state index contributed by atoms with van der Waals surface area (Å²) in [5, 5.41) is 0. The first-order valence-electron chi connectivity index (χ1n) is 22.9. The van der Waals surface area contributed by atoms with Crippen LogP contribution in [0.15, 0.2) is 0 Å². The number of hydrogen-bond donors (Lipinski definition) is 0. The summed E-state index contributed by atoms with van der Waals surface area (Å²) in [4.78, 5) is 26.9. The topological polar surface area (TPSA) is 65.1 Å². The SMILES string of the molecule is CC(C)CCC(COC(=O)CCCCCCCCCC(CCCCCCCCCC(=O)OCC(CCC(C)C)C(C)C)OCCCCN(C)C)C(C)C. The molecular weight excluding hydrogens is 659 g/mol. The summed E-state index contributed by atoms with van der Waals surface area (Å²) < 4.78 is 17.7. The predicted molar refractivity (Wildman–Crippen MR) is 227 cm³/mol. The van der Waals surface area contributed by atoms with E-state index in [1.165, 1.54) is 96.3 Å². The average Bonchev–Trinajstić information content (AvgIpc) is 3.08. The van der Waals surface area contributed by atoms with Crippen LogP contribution in [0.5, 0.6) is 0 Å². The molecule has 0 aliphatic heterocycles. The van der Waals surface area contributed by atoms with Gasteiger partial charge in [0.05, 0.1) is 19.3 Å². The summed E-state index contributed by atoms with van der Waals surface area (Å²) in [5.41, 5.74) is 0. The van der Waals surface area contributed by atoms with Gasteiger partial charge in [0.1, 0.15) is 0 Å². The van der Waals surface area contributed by atoms with Crippen LogP contribution in [-0.2, 0) is 23.8 Å². The molecule has 0 aromatic carbocycles. The maximum atomic E-state index is 12.3. The van der Waals surface area contributed by atoms with Crippen molar-refractivity contribution in [2.75, 3.05) is 40.5 Å². The van der Waals surface area contributed by atoms with Crippen molar-refractivity contribution >= 4 is 11.9 Å². The van der Waals surface area contributed by atoms with E-state index in [1.807, 2.05) is 0 Å². The number of esters is 2. The monoisotopic (exact) mass is 752 g/mol. The summed E-state index contributed by atoms with van der Waals surface area (Å²) in [6.07, 6.45) is 27.6. The van der Waals surface area contributed by atoms with Gasteiger partial charge in [-0.3, -0.25) is 9.59 Å². The molecule has 0 aromatic heterocycles. The molecule has 0 aromatic rings. The van der Waals surface area contributed by atoms with Crippen LogP contribution in [0, 0.1) is 35.5 Å². The minimum Gasteiger partial charge on any atom is -0.465 e. The summed E-state index contributed by atoms with van der Waals surface area (Å²) in [7, 11) is 4.28. The zero-order valence-electron chi connectivity index (χ0n) is 37.3. The first-order valence-corrected chi connectivity index (χ1v) is 22.9. The quantitative estimate of drug-likeness (QED) is 0.0462. The molecule has 2 atom stereocenters. The Kier molecular flexibility index (Phi) is 34.5. The molecule has 0 saturated heterocycles. The molecule has 6 heteroatoms. The summed E-state index contributed by atoms with van der Waals surface area (Å²) in [5.74, 6) is 3.45. The Morgan fingerprint density at radius 1 is 0.453 bits per heavy atom. The molecular formula is C47H93NO5. The minimum atomic E-state index is -0.00937. The largest absolute Gasteiger partial charge is 0.465 e. The summed E-state index contributed by atoms with van der Waals surface area (Å²) in [6.45, 7) is 21.2. The molecule has 0 aliphatic rings. The van der Waals surface area contributed by atoms with Crippen LogP contribution in [0.3, 0.4) is 0 Å². The third-order valence-electron chi connectivity index (χ3n) is 11.2. The molecule has 0 aliphatic carbocycles. The Hall–Kier alpha value is -1.14. The van der Waals surface area contributed by atoms with E-state index in [0.717, 1.165) is 58.1 Å². The molecule has 53 heavy (non-hydrogen) atoms. The van der Waals surface area contributed by atoms with Crippen LogP contribution in [0.1, 0.15) is 209 Å². The molecule has 0 saturated carbocycles. The average molecular weight is 752 g/mol. The second-order valence-electron chi connectivity index (χ2n) is 18.3. The molecule has 0 fully saturated rings. The highest BCUT2D eigenvalue weighted by Crippen LogP contribution is 2.23. The minimum absolute atomic E-state index is 0.00937. The van der Waals surface area contributed by atoms with Crippen LogP contribution >= 0.6 is 0 Å². The maximum absolute atomic E-state index is 12.3. The van der Waals surface area contributed by atoms with Gasteiger partial charge in [0, 0.05) is 19.4 Å². The zero-order valence-corrected chi connectivity index (χ0v) is 37.3. The highest BCUT2D eigenvalue weighted by atomic mass is 16.5. The molecule has 6 nitrogen and oxygen atoms in total. The van der Waals surface area contributed by atoms with E-state index in [9.17, 15) is 9.59 Å². The lowest BCUT2D eigenvalue weighted by atomic mass is 9.89. The molecule has 0 amide bonds. The van der Waals surface area contributed by atoms with Crippen molar-refractivity contribution in [1.29, 1.82) is 0 Å². The van der Waals surface area contributed by atoms with Gasteiger partial charge in [0.25, 0.3) is 0 Å². The third-order valence-corrected chi connectivity index (χ3v) is 11.2. The van der Waals surface area contributed by atoms with Crippen molar-refractivity contribution in [1.82, 2.24) is 4.90 Å². The molecule has 0 radical (unpaired) electrons. The third kappa shape index (κ3) is 35.0. The van der Waals surface area contributed by atoms with Crippen molar-refractivity contribution in [3.8, 4) is 0 Å². The van der Waals surface area contributed by atoms with E-state index < -0.39 is 0 Å². The van der Waals surface area contributed by atoms with Crippen LogP contribution in [0.25, 0.3) is 0 Å². The van der Waals surface area contributed by atoms with Gasteiger partial charge in [-0.05, 0) is 108 Å². The van der Waals surface area contributed by atoms with Gasteiger partial charge in [-0.25, -0.2) is 0 Å². The van der Waals surface area contributed by atoms with Crippen LogP contribution in [0.4, 0.5) is 0 Å². The Balaban J connectivity index is 4.12. The van der Waals surface area contributed by atoms with Crippen molar-refractivity contribution in [3.63, 3.8) is 0 Å². The van der Waals surface area contributed by atoms with Crippen molar-refractivity contribution in [2.24, 2.45) is 35.5 Å². The van der Waals surface area contributed by atoms with Gasteiger partial charge in [0.2, 0.25) is 0 Å². The van der Waals surface area contributed by atoms with Crippen LogP contribution in [0.2, 0.25) is 0 Å². The number of hydrogen-bond acceptors (Lipinski definition) is 6. The number of rotatable bonds is 38. The Morgan fingerprint density at radius 3 is 1.19 bits per heavy atom. The van der Waals surface area contributed by atoms with E-state index in [1.54, 1.807) is 0 Å². The fraction of sp³-hybridized carbons (Fsp3) is 0.957. The first kappa shape index (κ1) is 51.9. The predicted octanol–water partition coefficient (Wildman–Crippen LogP) is 13.2.